The summed E-state index contributed by atoms with van der Waals surface area (Å²) in [6.07, 6.45) is 4.86. The first-order chi connectivity index (χ1) is 10.8. The predicted octanol–water partition coefficient (Wildman–Crippen LogP) is 3.50. The number of carboxylic acids is 3. The van der Waals surface area contributed by atoms with Gasteiger partial charge in [-0.25, -0.2) is 14.4 Å². The maximum absolute atomic E-state index is 11.3. The van der Waals surface area contributed by atoms with Crippen molar-refractivity contribution in [2.45, 2.75) is 48.0 Å². The first-order valence-corrected chi connectivity index (χ1v) is 7.58. The van der Waals surface area contributed by atoms with Crippen molar-refractivity contribution in [1.82, 2.24) is 0 Å². The summed E-state index contributed by atoms with van der Waals surface area (Å²) in [6.45, 7) is 9.77. The highest BCUT2D eigenvalue weighted by atomic mass is 16.4. The summed E-state index contributed by atoms with van der Waals surface area (Å²) in [4.78, 5) is 33.9. The normalized spacial score (nSPS) is 16.5. The van der Waals surface area contributed by atoms with E-state index in [0.717, 1.165) is 0 Å². The molecule has 0 unspecified atom stereocenters. The lowest BCUT2D eigenvalue weighted by molar-refractivity contribution is -0.133. The molecule has 6 nitrogen and oxygen atoms in total. The smallest absolute Gasteiger partial charge is 0.330 e. The monoisotopic (exact) mass is 338 g/mol. The number of hydrogen-bond acceptors (Lipinski definition) is 3. The molecule has 0 bridgehead atoms. The maximum Gasteiger partial charge on any atom is 0.330 e. The summed E-state index contributed by atoms with van der Waals surface area (Å²) >= 11 is 0. The van der Waals surface area contributed by atoms with E-state index in [0.29, 0.717) is 6.42 Å². The molecule has 0 fully saturated rings. The van der Waals surface area contributed by atoms with Gasteiger partial charge in [-0.15, -0.1) is 0 Å². The largest absolute Gasteiger partial charge is 0.478 e. The van der Waals surface area contributed by atoms with Crippen LogP contribution in [0.5, 0.6) is 0 Å². The molecule has 0 aliphatic heterocycles. The molecule has 0 saturated carbocycles. The lowest BCUT2D eigenvalue weighted by Gasteiger charge is -2.41. The summed E-state index contributed by atoms with van der Waals surface area (Å²) in [5, 5.41) is 27.7. The van der Waals surface area contributed by atoms with E-state index in [1.165, 1.54) is 39.0 Å². The van der Waals surface area contributed by atoms with Crippen LogP contribution in [0.1, 0.15) is 48.0 Å². The third kappa shape index (κ3) is 5.08. The molecule has 134 valence electrons. The van der Waals surface area contributed by atoms with Gasteiger partial charge in [-0.05, 0) is 32.6 Å². The molecule has 3 N–H and O–H groups in total. The van der Waals surface area contributed by atoms with Gasteiger partial charge in [0.2, 0.25) is 0 Å². The summed E-state index contributed by atoms with van der Waals surface area (Å²) < 4.78 is 0. The quantitative estimate of drug-likeness (QED) is 0.584. The van der Waals surface area contributed by atoms with Crippen molar-refractivity contribution in [1.29, 1.82) is 0 Å². The van der Waals surface area contributed by atoms with E-state index < -0.39 is 28.7 Å². The number of allylic oxidation sites excluding steroid dienone is 3. The zero-order valence-electron chi connectivity index (χ0n) is 15.0. The molecule has 0 spiro atoms. The van der Waals surface area contributed by atoms with Gasteiger partial charge in [-0.3, -0.25) is 0 Å². The fourth-order valence-electron chi connectivity index (χ4n) is 2.28. The molecule has 0 aromatic carbocycles. The average molecular weight is 338 g/mol. The van der Waals surface area contributed by atoms with Crippen molar-refractivity contribution in [3.63, 3.8) is 0 Å². The zero-order chi connectivity index (χ0) is 19.3. The third-order valence-corrected chi connectivity index (χ3v) is 4.43. The molecule has 0 rings (SSSR count). The molecule has 0 radical (unpaired) electrons. The van der Waals surface area contributed by atoms with Crippen LogP contribution in [0.3, 0.4) is 0 Å². The molecule has 0 saturated heterocycles. The Labute approximate surface area is 142 Å². The van der Waals surface area contributed by atoms with E-state index in [9.17, 15) is 29.7 Å². The first-order valence-electron chi connectivity index (χ1n) is 7.58. The van der Waals surface area contributed by atoms with Gasteiger partial charge in [-0.2, -0.15) is 0 Å². The third-order valence-electron chi connectivity index (χ3n) is 4.43. The van der Waals surface area contributed by atoms with E-state index in [4.69, 9.17) is 0 Å². The number of aliphatic carboxylic acids is 3. The molecular formula is C18H26O6. The van der Waals surface area contributed by atoms with Gasteiger partial charge in [-0.1, -0.05) is 39.0 Å². The Hall–Kier alpha value is -2.37. The Morgan fingerprint density at radius 3 is 1.17 bits per heavy atom. The number of carbonyl (C=O) groups is 3. The number of hydrogen-bond donors (Lipinski definition) is 3. The van der Waals surface area contributed by atoms with Crippen LogP contribution in [0.4, 0.5) is 0 Å². The molecule has 0 aromatic heterocycles. The summed E-state index contributed by atoms with van der Waals surface area (Å²) in [6, 6.07) is 0. The molecule has 0 heterocycles. The first kappa shape index (κ1) is 21.6. The van der Waals surface area contributed by atoms with Crippen molar-refractivity contribution in [3.8, 4) is 0 Å². The number of rotatable bonds is 8. The minimum Gasteiger partial charge on any atom is -0.478 e. The summed E-state index contributed by atoms with van der Waals surface area (Å²) in [5.41, 5.74) is -1.74. The lowest BCUT2D eigenvalue weighted by Crippen LogP contribution is -2.34. The van der Waals surface area contributed by atoms with Crippen LogP contribution in [0.2, 0.25) is 0 Å². The van der Waals surface area contributed by atoms with Crippen molar-refractivity contribution < 1.29 is 29.7 Å². The molecule has 0 aromatic rings. The van der Waals surface area contributed by atoms with Gasteiger partial charge < -0.3 is 15.3 Å². The van der Waals surface area contributed by atoms with Crippen molar-refractivity contribution in [2.24, 2.45) is 10.8 Å². The fourth-order valence-corrected chi connectivity index (χ4v) is 2.28. The fraction of sp³-hybridized carbons (Fsp3) is 0.500. The number of carboxylic acid groups (broad SMARTS) is 3. The molecule has 0 aliphatic carbocycles. The summed E-state index contributed by atoms with van der Waals surface area (Å²) in [5.74, 6) is -3.43. The molecule has 0 amide bonds. The van der Waals surface area contributed by atoms with E-state index in [1.807, 2.05) is 20.8 Å². The molecule has 0 aliphatic rings. The van der Waals surface area contributed by atoms with Gasteiger partial charge in [0, 0.05) is 22.1 Å². The van der Waals surface area contributed by atoms with Crippen molar-refractivity contribution in [3.05, 3.63) is 34.9 Å². The maximum atomic E-state index is 11.3. The van der Waals surface area contributed by atoms with Gasteiger partial charge >= 0.3 is 17.9 Å². The van der Waals surface area contributed by atoms with Gasteiger partial charge in [0.1, 0.15) is 0 Å². The molecule has 24 heavy (non-hydrogen) atoms. The second-order valence-corrected chi connectivity index (χ2v) is 6.57. The molecular weight excluding hydrogens is 312 g/mol. The second-order valence-electron chi connectivity index (χ2n) is 6.57. The molecule has 0 atom stereocenters. The Bertz CT molecular complexity index is 545. The van der Waals surface area contributed by atoms with Crippen LogP contribution in [-0.4, -0.2) is 33.2 Å². The average Bonchev–Trinajstić information content (AvgIpc) is 2.45. The second kappa shape index (κ2) is 7.95. The van der Waals surface area contributed by atoms with Crippen molar-refractivity contribution >= 4 is 17.9 Å². The van der Waals surface area contributed by atoms with Crippen LogP contribution in [0, 0.1) is 10.8 Å². The summed E-state index contributed by atoms with van der Waals surface area (Å²) in [7, 11) is 0. The van der Waals surface area contributed by atoms with Crippen LogP contribution in [0.25, 0.3) is 0 Å². The Kier molecular flexibility index (Phi) is 7.16. The van der Waals surface area contributed by atoms with E-state index in [2.05, 4.69) is 0 Å². The van der Waals surface area contributed by atoms with Crippen molar-refractivity contribution in [2.75, 3.05) is 0 Å². The Morgan fingerprint density at radius 1 is 0.750 bits per heavy atom. The predicted molar refractivity (Wildman–Crippen MR) is 90.7 cm³/mol. The van der Waals surface area contributed by atoms with E-state index >= 15 is 0 Å². The minimum absolute atomic E-state index is 0.0143. The van der Waals surface area contributed by atoms with Gasteiger partial charge in [0.25, 0.3) is 0 Å². The SMILES string of the molecule is CCC(C)(C)C(C=C(C)C(=O)O)(C=C(C)C(=O)O)C=C(C)C(=O)O. The standard InChI is InChI=1S/C18H26O6/c1-7-17(5,6)18(8-11(2)14(19)20,9-12(3)15(21)22)10-13(4)16(23)24/h8-10H,7H2,1-6H3,(H,19,20)(H,21,22)(H,23,24). The van der Waals surface area contributed by atoms with Gasteiger partial charge in [0.15, 0.2) is 0 Å². The topological polar surface area (TPSA) is 112 Å². The Balaban J connectivity index is 6.90. The highest BCUT2D eigenvalue weighted by Crippen LogP contribution is 2.47. The molecule has 6 heteroatoms. The van der Waals surface area contributed by atoms with E-state index in [-0.39, 0.29) is 16.7 Å². The Morgan fingerprint density at radius 2 is 1.00 bits per heavy atom. The highest BCUT2D eigenvalue weighted by molar-refractivity contribution is 5.89. The van der Waals surface area contributed by atoms with E-state index in [1.54, 1.807) is 0 Å². The van der Waals surface area contributed by atoms with Crippen LogP contribution >= 0.6 is 0 Å². The minimum atomic E-state index is -1.17. The van der Waals surface area contributed by atoms with Crippen LogP contribution < -0.4 is 0 Å². The lowest BCUT2D eigenvalue weighted by atomic mass is 9.62. The van der Waals surface area contributed by atoms with Crippen LogP contribution in [-0.2, 0) is 14.4 Å². The zero-order valence-corrected chi connectivity index (χ0v) is 15.0. The van der Waals surface area contributed by atoms with Crippen LogP contribution in [0.15, 0.2) is 34.9 Å². The van der Waals surface area contributed by atoms with Gasteiger partial charge in [0.05, 0.1) is 0 Å². The highest BCUT2D eigenvalue weighted by Gasteiger charge is 2.40.